The third kappa shape index (κ3) is 2.46. The molecule has 0 aromatic heterocycles. The summed E-state index contributed by atoms with van der Waals surface area (Å²) < 4.78 is 12.8. The van der Waals surface area contributed by atoms with Gasteiger partial charge in [0.15, 0.2) is 0 Å². The molecular formula is C11H13ClFN. The Morgan fingerprint density at radius 1 is 1.43 bits per heavy atom. The molecule has 3 heteroatoms. The highest BCUT2D eigenvalue weighted by atomic mass is 35.5. The second-order valence-electron chi connectivity index (χ2n) is 3.78. The first-order valence-corrected chi connectivity index (χ1v) is 5.29. The van der Waals surface area contributed by atoms with Gasteiger partial charge < -0.3 is 5.32 Å². The molecule has 0 atom stereocenters. The van der Waals surface area contributed by atoms with Crippen molar-refractivity contribution in [1.29, 1.82) is 0 Å². The van der Waals surface area contributed by atoms with E-state index in [0.717, 1.165) is 24.9 Å². The Morgan fingerprint density at radius 3 is 2.86 bits per heavy atom. The van der Waals surface area contributed by atoms with Crippen LogP contribution in [0.25, 0.3) is 0 Å². The fraction of sp³-hybridized carbons (Fsp3) is 0.455. The zero-order chi connectivity index (χ0) is 9.97. The summed E-state index contributed by atoms with van der Waals surface area (Å²) in [7, 11) is 0. The van der Waals surface area contributed by atoms with Crippen molar-refractivity contribution in [2.75, 3.05) is 0 Å². The first-order chi connectivity index (χ1) is 6.74. The number of nitrogens with one attached hydrogen (secondary N) is 1. The fourth-order valence-electron chi connectivity index (χ4n) is 1.62. The van der Waals surface area contributed by atoms with Crippen LogP contribution in [0.2, 0.25) is 0 Å². The highest BCUT2D eigenvalue weighted by Gasteiger charge is 2.26. The van der Waals surface area contributed by atoms with E-state index >= 15 is 0 Å². The molecule has 1 aliphatic carbocycles. The molecule has 0 spiro atoms. The summed E-state index contributed by atoms with van der Waals surface area (Å²) in [5.74, 6) is -0.173. The Balaban J connectivity index is 1.80. The average molecular weight is 214 g/mol. The Labute approximate surface area is 88.3 Å². The van der Waals surface area contributed by atoms with Crippen LogP contribution in [0.1, 0.15) is 18.4 Å². The van der Waals surface area contributed by atoms with Crippen LogP contribution in [-0.4, -0.2) is 11.4 Å². The minimum absolute atomic E-state index is 0.173. The van der Waals surface area contributed by atoms with Crippen LogP contribution in [0.3, 0.4) is 0 Å². The Morgan fingerprint density at radius 2 is 2.21 bits per heavy atom. The van der Waals surface area contributed by atoms with E-state index in [2.05, 4.69) is 5.32 Å². The van der Waals surface area contributed by atoms with Crippen LogP contribution in [0.5, 0.6) is 0 Å². The number of alkyl halides is 1. The maximum absolute atomic E-state index is 12.8. The normalized spacial score (nSPS) is 25.9. The third-order valence-corrected chi connectivity index (χ3v) is 2.92. The van der Waals surface area contributed by atoms with Gasteiger partial charge in [-0.05, 0) is 30.5 Å². The Kier molecular flexibility index (Phi) is 3.04. The molecule has 1 N–H and O–H groups in total. The molecule has 1 nitrogen and oxygen atoms in total. The molecule has 2 rings (SSSR count). The SMILES string of the molecule is Fc1cccc(CNC2CC(Cl)C2)c1. The zero-order valence-electron chi connectivity index (χ0n) is 7.84. The maximum atomic E-state index is 12.8. The molecule has 0 radical (unpaired) electrons. The second kappa shape index (κ2) is 4.28. The summed E-state index contributed by atoms with van der Waals surface area (Å²) in [5.41, 5.74) is 0.989. The van der Waals surface area contributed by atoms with Crippen molar-refractivity contribution in [3.63, 3.8) is 0 Å². The van der Waals surface area contributed by atoms with Crippen LogP contribution >= 0.6 is 11.6 Å². The van der Waals surface area contributed by atoms with E-state index in [9.17, 15) is 4.39 Å². The molecule has 0 bridgehead atoms. The van der Waals surface area contributed by atoms with Crippen LogP contribution in [0.4, 0.5) is 4.39 Å². The van der Waals surface area contributed by atoms with Gasteiger partial charge in [-0.2, -0.15) is 0 Å². The maximum Gasteiger partial charge on any atom is 0.123 e. The van der Waals surface area contributed by atoms with Gasteiger partial charge in [-0.1, -0.05) is 12.1 Å². The van der Waals surface area contributed by atoms with Crippen molar-refractivity contribution >= 4 is 11.6 Å². The fourth-order valence-corrected chi connectivity index (χ4v) is 2.05. The van der Waals surface area contributed by atoms with Crippen molar-refractivity contribution < 1.29 is 4.39 Å². The molecule has 0 saturated heterocycles. The van der Waals surface area contributed by atoms with Crippen molar-refractivity contribution in [3.8, 4) is 0 Å². The van der Waals surface area contributed by atoms with Crippen LogP contribution < -0.4 is 5.32 Å². The minimum Gasteiger partial charge on any atom is -0.310 e. The van der Waals surface area contributed by atoms with Gasteiger partial charge in [0, 0.05) is 18.0 Å². The summed E-state index contributed by atoms with van der Waals surface area (Å²) >= 11 is 5.85. The van der Waals surface area contributed by atoms with Crippen molar-refractivity contribution in [3.05, 3.63) is 35.6 Å². The van der Waals surface area contributed by atoms with Gasteiger partial charge in [0.25, 0.3) is 0 Å². The van der Waals surface area contributed by atoms with Crippen LogP contribution in [0.15, 0.2) is 24.3 Å². The molecule has 1 aliphatic rings. The topological polar surface area (TPSA) is 12.0 Å². The van der Waals surface area contributed by atoms with E-state index in [1.165, 1.54) is 6.07 Å². The first-order valence-electron chi connectivity index (χ1n) is 4.86. The predicted octanol–water partition coefficient (Wildman–Crippen LogP) is 2.69. The van der Waals surface area contributed by atoms with E-state index < -0.39 is 0 Å². The summed E-state index contributed by atoms with van der Waals surface area (Å²) in [6.07, 6.45) is 2.05. The number of hydrogen-bond acceptors (Lipinski definition) is 1. The van der Waals surface area contributed by atoms with E-state index in [1.54, 1.807) is 12.1 Å². The summed E-state index contributed by atoms with van der Waals surface area (Å²) in [5, 5.41) is 3.68. The number of hydrogen-bond donors (Lipinski definition) is 1. The summed E-state index contributed by atoms with van der Waals surface area (Å²) in [6, 6.07) is 7.19. The zero-order valence-corrected chi connectivity index (χ0v) is 8.60. The van der Waals surface area contributed by atoms with E-state index in [1.807, 2.05) is 6.07 Å². The van der Waals surface area contributed by atoms with Gasteiger partial charge in [-0.3, -0.25) is 0 Å². The monoisotopic (exact) mass is 213 g/mol. The van der Waals surface area contributed by atoms with Crippen LogP contribution in [-0.2, 0) is 6.54 Å². The van der Waals surface area contributed by atoms with Gasteiger partial charge >= 0.3 is 0 Å². The van der Waals surface area contributed by atoms with Crippen molar-refractivity contribution in [1.82, 2.24) is 5.32 Å². The lowest BCUT2D eigenvalue weighted by molar-refractivity contribution is 0.345. The number of benzene rings is 1. The van der Waals surface area contributed by atoms with Gasteiger partial charge in [0.05, 0.1) is 0 Å². The standard InChI is InChI=1S/C11H13ClFN/c12-9-5-11(6-9)14-7-8-2-1-3-10(13)4-8/h1-4,9,11,14H,5-7H2. The lowest BCUT2D eigenvalue weighted by atomic mass is 9.92. The molecule has 0 aliphatic heterocycles. The van der Waals surface area contributed by atoms with Crippen LogP contribution in [0, 0.1) is 5.82 Å². The number of rotatable bonds is 3. The molecular weight excluding hydrogens is 201 g/mol. The quantitative estimate of drug-likeness (QED) is 0.762. The Bertz CT molecular complexity index is 310. The summed E-state index contributed by atoms with van der Waals surface area (Å²) in [6.45, 7) is 0.728. The predicted molar refractivity (Wildman–Crippen MR) is 55.9 cm³/mol. The molecule has 1 aromatic carbocycles. The lowest BCUT2D eigenvalue weighted by Gasteiger charge is -2.31. The molecule has 1 saturated carbocycles. The van der Waals surface area contributed by atoms with Gasteiger partial charge in [0.2, 0.25) is 0 Å². The molecule has 76 valence electrons. The molecule has 14 heavy (non-hydrogen) atoms. The molecule has 0 unspecified atom stereocenters. The van der Waals surface area contributed by atoms with Gasteiger partial charge in [-0.25, -0.2) is 4.39 Å². The molecule has 1 aromatic rings. The lowest BCUT2D eigenvalue weighted by Crippen LogP contribution is -2.41. The number of halogens is 2. The smallest absolute Gasteiger partial charge is 0.123 e. The van der Waals surface area contributed by atoms with Crippen molar-refractivity contribution in [2.45, 2.75) is 30.8 Å². The highest BCUT2D eigenvalue weighted by Crippen LogP contribution is 2.25. The molecule has 1 fully saturated rings. The van der Waals surface area contributed by atoms with Gasteiger partial charge in [-0.15, -0.1) is 11.6 Å². The Hall–Kier alpha value is -0.600. The van der Waals surface area contributed by atoms with E-state index in [-0.39, 0.29) is 5.82 Å². The molecule has 0 heterocycles. The van der Waals surface area contributed by atoms with E-state index in [4.69, 9.17) is 11.6 Å². The molecule has 0 amide bonds. The average Bonchev–Trinajstić information content (AvgIpc) is 2.11. The van der Waals surface area contributed by atoms with Crippen molar-refractivity contribution in [2.24, 2.45) is 0 Å². The first kappa shape index (κ1) is 9.94. The minimum atomic E-state index is -0.173. The third-order valence-electron chi connectivity index (χ3n) is 2.56. The largest absolute Gasteiger partial charge is 0.310 e. The second-order valence-corrected chi connectivity index (χ2v) is 4.39. The van der Waals surface area contributed by atoms with Gasteiger partial charge in [0.1, 0.15) is 5.82 Å². The summed E-state index contributed by atoms with van der Waals surface area (Å²) in [4.78, 5) is 0. The highest BCUT2D eigenvalue weighted by molar-refractivity contribution is 6.21. The van der Waals surface area contributed by atoms with E-state index in [0.29, 0.717) is 11.4 Å².